The van der Waals surface area contributed by atoms with Gasteiger partial charge in [0.1, 0.15) is 18.0 Å². The zero-order valence-corrected chi connectivity index (χ0v) is 10.4. The Morgan fingerprint density at radius 2 is 2.22 bits per heavy atom. The molecule has 0 bridgehead atoms. The second-order valence-electron chi connectivity index (χ2n) is 4.53. The number of anilines is 2. The van der Waals surface area contributed by atoms with Crippen LogP contribution in [-0.2, 0) is 4.79 Å². The molecular weight excluding hydrogens is 232 g/mol. The SMILES string of the molecule is CCC(CNc1cc(NC2CC2)ncn1)C(=O)O. The van der Waals surface area contributed by atoms with E-state index in [0.29, 0.717) is 24.8 Å². The zero-order chi connectivity index (χ0) is 13.0. The molecule has 0 saturated heterocycles. The van der Waals surface area contributed by atoms with Crippen LogP contribution < -0.4 is 10.6 Å². The van der Waals surface area contributed by atoms with Crippen molar-refractivity contribution in [3.63, 3.8) is 0 Å². The van der Waals surface area contributed by atoms with E-state index in [4.69, 9.17) is 5.11 Å². The first-order valence-electron chi connectivity index (χ1n) is 6.24. The van der Waals surface area contributed by atoms with Gasteiger partial charge in [0.15, 0.2) is 0 Å². The van der Waals surface area contributed by atoms with Crippen molar-refractivity contribution in [3.05, 3.63) is 12.4 Å². The summed E-state index contributed by atoms with van der Waals surface area (Å²) in [6.07, 6.45) is 4.45. The summed E-state index contributed by atoms with van der Waals surface area (Å²) in [4.78, 5) is 19.1. The highest BCUT2D eigenvalue weighted by Crippen LogP contribution is 2.24. The Morgan fingerprint density at radius 1 is 1.50 bits per heavy atom. The van der Waals surface area contributed by atoms with Crippen LogP contribution in [-0.4, -0.2) is 33.6 Å². The van der Waals surface area contributed by atoms with Gasteiger partial charge in [0.25, 0.3) is 0 Å². The van der Waals surface area contributed by atoms with Crippen molar-refractivity contribution in [2.24, 2.45) is 5.92 Å². The van der Waals surface area contributed by atoms with Crippen LogP contribution in [0, 0.1) is 5.92 Å². The van der Waals surface area contributed by atoms with E-state index in [0.717, 1.165) is 5.82 Å². The van der Waals surface area contributed by atoms with Crippen molar-refractivity contribution in [3.8, 4) is 0 Å². The van der Waals surface area contributed by atoms with Crippen LogP contribution >= 0.6 is 0 Å². The molecule has 0 aliphatic heterocycles. The van der Waals surface area contributed by atoms with Crippen molar-refractivity contribution in [2.75, 3.05) is 17.2 Å². The molecule has 1 aromatic heterocycles. The minimum Gasteiger partial charge on any atom is -0.481 e. The molecule has 98 valence electrons. The average molecular weight is 250 g/mol. The summed E-state index contributed by atoms with van der Waals surface area (Å²) in [6, 6.07) is 2.35. The summed E-state index contributed by atoms with van der Waals surface area (Å²) in [5.41, 5.74) is 0. The molecule has 6 heteroatoms. The third-order valence-corrected chi connectivity index (χ3v) is 2.97. The molecule has 6 nitrogen and oxygen atoms in total. The molecular formula is C12H18N4O2. The van der Waals surface area contributed by atoms with E-state index in [9.17, 15) is 4.79 Å². The van der Waals surface area contributed by atoms with Crippen LogP contribution in [0.3, 0.4) is 0 Å². The summed E-state index contributed by atoms with van der Waals surface area (Å²) in [6.45, 7) is 2.24. The molecule has 0 amide bonds. The summed E-state index contributed by atoms with van der Waals surface area (Å²) >= 11 is 0. The zero-order valence-electron chi connectivity index (χ0n) is 10.4. The number of carboxylic acids is 1. The molecule has 3 N–H and O–H groups in total. The Morgan fingerprint density at radius 3 is 2.83 bits per heavy atom. The highest BCUT2D eigenvalue weighted by Gasteiger charge is 2.21. The minimum atomic E-state index is -0.782. The lowest BCUT2D eigenvalue weighted by atomic mass is 10.1. The van der Waals surface area contributed by atoms with Gasteiger partial charge in [0.05, 0.1) is 5.92 Å². The fourth-order valence-electron chi connectivity index (χ4n) is 1.60. The van der Waals surface area contributed by atoms with E-state index >= 15 is 0 Å². The van der Waals surface area contributed by atoms with Crippen LogP contribution in [0.25, 0.3) is 0 Å². The highest BCUT2D eigenvalue weighted by atomic mass is 16.4. The first-order valence-corrected chi connectivity index (χ1v) is 6.24. The van der Waals surface area contributed by atoms with E-state index in [2.05, 4.69) is 20.6 Å². The molecule has 0 spiro atoms. The quantitative estimate of drug-likeness (QED) is 0.681. The Hall–Kier alpha value is -1.85. The van der Waals surface area contributed by atoms with Crippen molar-refractivity contribution in [1.82, 2.24) is 9.97 Å². The lowest BCUT2D eigenvalue weighted by Crippen LogP contribution is -2.22. The van der Waals surface area contributed by atoms with Gasteiger partial charge in [0.2, 0.25) is 0 Å². The lowest BCUT2D eigenvalue weighted by Gasteiger charge is -2.12. The van der Waals surface area contributed by atoms with Gasteiger partial charge in [-0.1, -0.05) is 6.92 Å². The molecule has 1 atom stereocenters. The fraction of sp³-hybridized carbons (Fsp3) is 0.583. The van der Waals surface area contributed by atoms with Crippen molar-refractivity contribution >= 4 is 17.6 Å². The highest BCUT2D eigenvalue weighted by molar-refractivity contribution is 5.70. The van der Waals surface area contributed by atoms with Crippen LogP contribution in [0.4, 0.5) is 11.6 Å². The Kier molecular flexibility index (Phi) is 3.96. The third kappa shape index (κ3) is 3.58. The van der Waals surface area contributed by atoms with Crippen molar-refractivity contribution in [1.29, 1.82) is 0 Å². The summed E-state index contributed by atoms with van der Waals surface area (Å²) in [5, 5.41) is 15.3. The van der Waals surface area contributed by atoms with Gasteiger partial charge < -0.3 is 15.7 Å². The molecule has 1 unspecified atom stereocenters. The Bertz CT molecular complexity index is 420. The van der Waals surface area contributed by atoms with Crippen molar-refractivity contribution in [2.45, 2.75) is 32.2 Å². The summed E-state index contributed by atoms with van der Waals surface area (Å²) in [5.74, 6) is 0.279. The molecule has 1 aromatic rings. The molecule has 2 rings (SSSR count). The van der Waals surface area contributed by atoms with Crippen molar-refractivity contribution < 1.29 is 9.90 Å². The molecule has 1 heterocycles. The van der Waals surface area contributed by atoms with Crippen LogP contribution in [0.1, 0.15) is 26.2 Å². The second-order valence-corrected chi connectivity index (χ2v) is 4.53. The Labute approximate surface area is 106 Å². The van der Waals surface area contributed by atoms with Crippen LogP contribution in [0.2, 0.25) is 0 Å². The normalized spacial score (nSPS) is 16.1. The largest absolute Gasteiger partial charge is 0.481 e. The van der Waals surface area contributed by atoms with E-state index < -0.39 is 5.97 Å². The number of aromatic nitrogens is 2. The van der Waals surface area contributed by atoms with Crippen LogP contribution in [0.5, 0.6) is 0 Å². The first kappa shape index (κ1) is 12.6. The van der Waals surface area contributed by atoms with Gasteiger partial charge >= 0.3 is 5.97 Å². The van der Waals surface area contributed by atoms with Crippen LogP contribution in [0.15, 0.2) is 12.4 Å². The topological polar surface area (TPSA) is 87.1 Å². The number of nitrogens with zero attached hydrogens (tertiary/aromatic N) is 2. The third-order valence-electron chi connectivity index (χ3n) is 2.97. The number of rotatable bonds is 7. The number of aliphatic carboxylic acids is 1. The van der Waals surface area contributed by atoms with E-state index in [1.54, 1.807) is 0 Å². The van der Waals surface area contributed by atoms with E-state index in [1.807, 2.05) is 13.0 Å². The van der Waals surface area contributed by atoms with Gasteiger partial charge in [-0.25, -0.2) is 9.97 Å². The number of hydrogen-bond acceptors (Lipinski definition) is 5. The standard InChI is InChI=1S/C12H18N4O2/c1-2-8(12(17)18)6-13-10-5-11(15-7-14-10)16-9-3-4-9/h5,7-9H,2-4,6H2,1H3,(H,17,18)(H2,13,14,15,16). The van der Waals surface area contributed by atoms with Gasteiger partial charge in [-0.2, -0.15) is 0 Å². The maximum Gasteiger partial charge on any atom is 0.308 e. The predicted molar refractivity (Wildman–Crippen MR) is 68.6 cm³/mol. The maximum atomic E-state index is 10.9. The molecule has 0 aromatic carbocycles. The van der Waals surface area contributed by atoms with E-state index in [1.165, 1.54) is 19.2 Å². The van der Waals surface area contributed by atoms with Gasteiger partial charge in [0, 0.05) is 18.7 Å². The number of carboxylic acid groups (broad SMARTS) is 1. The second kappa shape index (κ2) is 5.66. The number of hydrogen-bond donors (Lipinski definition) is 3. The molecule has 1 saturated carbocycles. The Balaban J connectivity index is 1.89. The lowest BCUT2D eigenvalue weighted by molar-refractivity contribution is -0.141. The molecule has 1 aliphatic rings. The summed E-state index contributed by atoms with van der Waals surface area (Å²) < 4.78 is 0. The fourth-order valence-corrected chi connectivity index (χ4v) is 1.60. The van der Waals surface area contributed by atoms with Gasteiger partial charge in [-0.15, -0.1) is 0 Å². The number of nitrogens with one attached hydrogen (secondary N) is 2. The molecule has 0 radical (unpaired) electrons. The maximum absolute atomic E-state index is 10.9. The molecule has 1 fully saturated rings. The predicted octanol–water partition coefficient (Wildman–Crippen LogP) is 1.57. The smallest absolute Gasteiger partial charge is 0.308 e. The summed E-state index contributed by atoms with van der Waals surface area (Å²) in [7, 11) is 0. The van der Waals surface area contributed by atoms with Gasteiger partial charge in [-0.3, -0.25) is 4.79 Å². The number of carbonyl (C=O) groups is 1. The monoisotopic (exact) mass is 250 g/mol. The van der Waals surface area contributed by atoms with E-state index in [-0.39, 0.29) is 5.92 Å². The first-order chi connectivity index (χ1) is 8.69. The van der Waals surface area contributed by atoms with Gasteiger partial charge in [-0.05, 0) is 19.3 Å². The minimum absolute atomic E-state index is 0.381. The molecule has 1 aliphatic carbocycles. The molecule has 18 heavy (non-hydrogen) atoms. The average Bonchev–Trinajstić information content (AvgIpc) is 3.14.